The van der Waals surface area contributed by atoms with Crippen LogP contribution in [0.2, 0.25) is 10.0 Å². The van der Waals surface area contributed by atoms with Gasteiger partial charge in [0.05, 0.1) is 10.0 Å². The maximum atomic E-state index is 12.3. The maximum Gasteiger partial charge on any atom is 0.244 e. The smallest absolute Gasteiger partial charge is 0.244 e. The molecule has 0 saturated carbocycles. The van der Waals surface area contributed by atoms with E-state index >= 15 is 0 Å². The normalized spacial score (nSPS) is 13.2. The third-order valence-electron chi connectivity index (χ3n) is 3.36. The van der Waals surface area contributed by atoms with E-state index in [0.29, 0.717) is 29.0 Å². The number of carbonyl (C=O) groups excluding carboxylic acids is 1. The summed E-state index contributed by atoms with van der Waals surface area (Å²) in [6.07, 6.45) is 1.50. The van der Waals surface area contributed by atoms with Crippen LogP contribution in [0, 0.1) is 0 Å². The van der Waals surface area contributed by atoms with Crippen LogP contribution in [0.1, 0.15) is 12.5 Å². The number of pyridine rings is 1. The third-order valence-corrected chi connectivity index (χ3v) is 3.85. The Morgan fingerprint density at radius 1 is 1.26 bits per heavy atom. The number of nitrogens with one attached hydrogen (secondary N) is 2. The van der Waals surface area contributed by atoms with Crippen molar-refractivity contribution in [2.75, 3.05) is 18.4 Å². The van der Waals surface area contributed by atoms with Crippen molar-refractivity contribution < 1.29 is 4.79 Å². The highest BCUT2D eigenvalue weighted by Crippen LogP contribution is 2.22. The van der Waals surface area contributed by atoms with Crippen molar-refractivity contribution in [3.8, 4) is 0 Å². The van der Waals surface area contributed by atoms with Gasteiger partial charge in [-0.15, -0.1) is 0 Å². The van der Waals surface area contributed by atoms with E-state index in [1.807, 2.05) is 30.3 Å². The summed E-state index contributed by atoms with van der Waals surface area (Å²) >= 11 is 11.8. The van der Waals surface area contributed by atoms with E-state index in [-0.39, 0.29) is 5.91 Å². The van der Waals surface area contributed by atoms with Crippen molar-refractivity contribution >= 4 is 34.9 Å². The monoisotopic (exact) mass is 352 g/mol. The van der Waals surface area contributed by atoms with Gasteiger partial charge in [0, 0.05) is 19.3 Å². The van der Waals surface area contributed by atoms with Crippen molar-refractivity contribution in [3.63, 3.8) is 0 Å². The molecule has 1 unspecified atom stereocenters. The summed E-state index contributed by atoms with van der Waals surface area (Å²) in [5.74, 6) is 0.268. The van der Waals surface area contributed by atoms with E-state index < -0.39 is 5.54 Å². The Balaban J connectivity index is 1.85. The zero-order chi connectivity index (χ0) is 16.9. The van der Waals surface area contributed by atoms with Crippen molar-refractivity contribution in [2.45, 2.75) is 12.5 Å². The van der Waals surface area contributed by atoms with Gasteiger partial charge >= 0.3 is 0 Å². The lowest BCUT2D eigenvalue weighted by Gasteiger charge is -2.24. The SMILES string of the molecule is CC(N)(C(=O)NCCNc1ncc(Cl)cc1Cl)c1ccccc1. The molecule has 0 bridgehead atoms. The Kier molecular flexibility index (Phi) is 5.82. The summed E-state index contributed by atoms with van der Waals surface area (Å²) in [6.45, 7) is 2.53. The van der Waals surface area contributed by atoms with Crippen molar-refractivity contribution in [3.05, 3.63) is 58.2 Å². The molecule has 1 aromatic heterocycles. The second-order valence-corrected chi connectivity index (χ2v) is 6.08. The summed E-state index contributed by atoms with van der Waals surface area (Å²) in [7, 11) is 0. The maximum absolute atomic E-state index is 12.3. The molecule has 0 radical (unpaired) electrons. The molecule has 2 rings (SSSR count). The quantitative estimate of drug-likeness (QED) is 0.698. The summed E-state index contributed by atoms with van der Waals surface area (Å²) < 4.78 is 0. The average molecular weight is 353 g/mol. The first kappa shape index (κ1) is 17.5. The molecule has 0 aliphatic rings. The van der Waals surface area contributed by atoms with Crippen LogP contribution < -0.4 is 16.4 Å². The zero-order valence-corrected chi connectivity index (χ0v) is 14.2. The molecule has 0 spiro atoms. The fourth-order valence-electron chi connectivity index (χ4n) is 2.00. The summed E-state index contributed by atoms with van der Waals surface area (Å²) in [6, 6.07) is 10.8. The van der Waals surface area contributed by atoms with Gasteiger partial charge in [-0.25, -0.2) is 4.98 Å². The number of nitrogens with zero attached hydrogens (tertiary/aromatic N) is 1. The highest BCUT2D eigenvalue weighted by molar-refractivity contribution is 6.35. The van der Waals surface area contributed by atoms with Crippen LogP contribution in [0.3, 0.4) is 0 Å². The molecule has 7 heteroatoms. The largest absolute Gasteiger partial charge is 0.367 e. The van der Waals surface area contributed by atoms with Crippen LogP contribution >= 0.6 is 23.2 Å². The molecule has 1 atom stereocenters. The topological polar surface area (TPSA) is 80.0 Å². The molecular formula is C16H18Cl2N4O. The van der Waals surface area contributed by atoms with Crippen LogP contribution in [0.15, 0.2) is 42.6 Å². The van der Waals surface area contributed by atoms with Crippen LogP contribution in [-0.2, 0) is 10.3 Å². The number of aromatic nitrogens is 1. The predicted octanol–water partition coefficient (Wildman–Crippen LogP) is 2.79. The number of hydrogen-bond acceptors (Lipinski definition) is 4. The van der Waals surface area contributed by atoms with Gasteiger partial charge in [-0.1, -0.05) is 53.5 Å². The second-order valence-electron chi connectivity index (χ2n) is 5.24. The van der Waals surface area contributed by atoms with E-state index in [9.17, 15) is 4.79 Å². The second kappa shape index (κ2) is 7.64. The molecular weight excluding hydrogens is 335 g/mol. The Morgan fingerprint density at radius 3 is 2.61 bits per heavy atom. The number of anilines is 1. The number of benzene rings is 1. The Bertz CT molecular complexity index is 677. The van der Waals surface area contributed by atoms with Gasteiger partial charge in [0.25, 0.3) is 0 Å². The molecule has 1 amide bonds. The van der Waals surface area contributed by atoms with Gasteiger partial charge in [-0.05, 0) is 18.6 Å². The molecule has 1 aromatic carbocycles. The number of halogens is 2. The number of rotatable bonds is 6. The minimum atomic E-state index is -1.09. The third kappa shape index (κ3) is 4.58. The van der Waals surface area contributed by atoms with Gasteiger partial charge in [-0.2, -0.15) is 0 Å². The molecule has 2 aromatic rings. The van der Waals surface area contributed by atoms with E-state index in [0.717, 1.165) is 5.56 Å². The minimum Gasteiger partial charge on any atom is -0.367 e. The molecule has 122 valence electrons. The molecule has 4 N–H and O–H groups in total. The van der Waals surface area contributed by atoms with Crippen molar-refractivity contribution in [1.82, 2.24) is 10.3 Å². The van der Waals surface area contributed by atoms with Crippen molar-refractivity contribution in [1.29, 1.82) is 0 Å². The highest BCUT2D eigenvalue weighted by Gasteiger charge is 2.29. The predicted molar refractivity (Wildman–Crippen MR) is 93.7 cm³/mol. The van der Waals surface area contributed by atoms with E-state index in [1.165, 1.54) is 6.20 Å². The number of carbonyl (C=O) groups is 1. The van der Waals surface area contributed by atoms with Gasteiger partial charge in [0.1, 0.15) is 11.4 Å². The van der Waals surface area contributed by atoms with Gasteiger partial charge < -0.3 is 16.4 Å². The first-order chi connectivity index (χ1) is 10.9. The lowest BCUT2D eigenvalue weighted by molar-refractivity contribution is -0.126. The van der Waals surface area contributed by atoms with Crippen LogP contribution in [-0.4, -0.2) is 24.0 Å². The fraction of sp³-hybridized carbons (Fsp3) is 0.250. The van der Waals surface area contributed by atoms with E-state index in [1.54, 1.807) is 13.0 Å². The Morgan fingerprint density at radius 2 is 1.96 bits per heavy atom. The summed E-state index contributed by atoms with van der Waals surface area (Å²) in [5, 5.41) is 6.72. The van der Waals surface area contributed by atoms with Crippen LogP contribution in [0.4, 0.5) is 5.82 Å². The van der Waals surface area contributed by atoms with E-state index in [4.69, 9.17) is 28.9 Å². The lowest BCUT2D eigenvalue weighted by atomic mass is 9.92. The first-order valence-corrected chi connectivity index (χ1v) is 7.84. The Hall–Kier alpha value is -1.82. The standard InChI is InChI=1S/C16H18Cl2N4O/c1-16(19,11-5-3-2-4-6-11)15(23)21-8-7-20-14-13(18)9-12(17)10-22-14/h2-6,9-10H,7-8,19H2,1H3,(H,20,22)(H,21,23). The average Bonchev–Trinajstić information content (AvgIpc) is 2.53. The molecule has 5 nitrogen and oxygen atoms in total. The number of hydrogen-bond donors (Lipinski definition) is 3. The molecule has 1 heterocycles. The molecule has 0 aliphatic heterocycles. The number of amides is 1. The number of nitrogens with two attached hydrogens (primary N) is 1. The van der Waals surface area contributed by atoms with Gasteiger partial charge in [0.15, 0.2) is 0 Å². The molecule has 0 aliphatic carbocycles. The van der Waals surface area contributed by atoms with E-state index in [2.05, 4.69) is 15.6 Å². The summed E-state index contributed by atoms with van der Waals surface area (Å²) in [5.41, 5.74) is 5.81. The molecule has 23 heavy (non-hydrogen) atoms. The minimum absolute atomic E-state index is 0.249. The fourth-order valence-corrected chi connectivity index (χ4v) is 2.45. The van der Waals surface area contributed by atoms with Crippen molar-refractivity contribution in [2.24, 2.45) is 5.73 Å². The molecule has 0 fully saturated rings. The Labute approximate surface area is 145 Å². The summed E-state index contributed by atoms with van der Waals surface area (Å²) in [4.78, 5) is 16.3. The molecule has 0 saturated heterocycles. The zero-order valence-electron chi connectivity index (χ0n) is 12.6. The van der Waals surface area contributed by atoms with Crippen LogP contribution in [0.5, 0.6) is 0 Å². The van der Waals surface area contributed by atoms with Gasteiger partial charge in [-0.3, -0.25) is 4.79 Å². The first-order valence-electron chi connectivity index (χ1n) is 7.09. The lowest BCUT2D eigenvalue weighted by Crippen LogP contribution is -2.49. The highest BCUT2D eigenvalue weighted by atomic mass is 35.5. The van der Waals surface area contributed by atoms with Gasteiger partial charge in [0.2, 0.25) is 5.91 Å². The van der Waals surface area contributed by atoms with Crippen LogP contribution in [0.25, 0.3) is 0 Å².